The standard InChI is InChI=1S/C20H22N2O3/c1-14(21-20(24)15-7-3-2-4-8-15)13-19(23)22-17-11-12-25-18-10-6-5-9-16(17)18/h2-10,14,17H,11-13H2,1H3,(H,21,24)(H,22,23)/t14-,17+/m1/s1. The number of hydrogen-bond acceptors (Lipinski definition) is 3. The van der Waals surface area contributed by atoms with Crippen molar-refractivity contribution in [3.8, 4) is 5.75 Å². The molecule has 0 saturated carbocycles. The lowest BCUT2D eigenvalue weighted by Crippen LogP contribution is -2.39. The van der Waals surface area contributed by atoms with Gasteiger partial charge in [-0.3, -0.25) is 9.59 Å². The van der Waals surface area contributed by atoms with Crippen molar-refractivity contribution in [3.05, 3.63) is 65.7 Å². The van der Waals surface area contributed by atoms with Crippen LogP contribution in [0.4, 0.5) is 0 Å². The number of nitrogens with one attached hydrogen (secondary N) is 2. The average Bonchev–Trinajstić information content (AvgIpc) is 2.62. The summed E-state index contributed by atoms with van der Waals surface area (Å²) in [6.07, 6.45) is 0.978. The van der Waals surface area contributed by atoms with Gasteiger partial charge < -0.3 is 15.4 Å². The molecular weight excluding hydrogens is 316 g/mol. The summed E-state index contributed by atoms with van der Waals surface area (Å²) in [5, 5.41) is 5.91. The van der Waals surface area contributed by atoms with Gasteiger partial charge in [-0.25, -0.2) is 0 Å². The summed E-state index contributed by atoms with van der Waals surface area (Å²) in [5.74, 6) is 0.573. The summed E-state index contributed by atoms with van der Waals surface area (Å²) in [5.41, 5.74) is 1.59. The minimum Gasteiger partial charge on any atom is -0.493 e. The number of para-hydroxylation sites is 1. The molecule has 25 heavy (non-hydrogen) atoms. The van der Waals surface area contributed by atoms with Crippen LogP contribution in [0.3, 0.4) is 0 Å². The first-order chi connectivity index (χ1) is 12.1. The van der Waals surface area contributed by atoms with Gasteiger partial charge in [-0.2, -0.15) is 0 Å². The van der Waals surface area contributed by atoms with E-state index in [0.717, 1.165) is 17.7 Å². The van der Waals surface area contributed by atoms with Crippen molar-refractivity contribution in [1.29, 1.82) is 0 Å². The maximum atomic E-state index is 12.3. The number of carbonyl (C=O) groups is 2. The molecule has 1 aliphatic rings. The minimum atomic E-state index is -0.247. The maximum absolute atomic E-state index is 12.3. The number of benzene rings is 2. The van der Waals surface area contributed by atoms with Crippen molar-refractivity contribution in [3.63, 3.8) is 0 Å². The second kappa shape index (κ2) is 7.83. The molecule has 5 heteroatoms. The van der Waals surface area contributed by atoms with Crippen LogP contribution in [0.1, 0.15) is 41.7 Å². The number of carbonyl (C=O) groups excluding carboxylic acids is 2. The molecule has 0 spiro atoms. The molecule has 2 atom stereocenters. The molecule has 0 radical (unpaired) electrons. The topological polar surface area (TPSA) is 67.4 Å². The van der Waals surface area contributed by atoms with Gasteiger partial charge in [-0.05, 0) is 25.1 Å². The van der Waals surface area contributed by atoms with Crippen molar-refractivity contribution in [2.45, 2.75) is 31.8 Å². The van der Waals surface area contributed by atoms with E-state index in [4.69, 9.17) is 4.74 Å². The van der Waals surface area contributed by atoms with Gasteiger partial charge >= 0.3 is 0 Å². The number of ether oxygens (including phenoxy) is 1. The van der Waals surface area contributed by atoms with Crippen molar-refractivity contribution in [2.75, 3.05) is 6.61 Å². The van der Waals surface area contributed by atoms with E-state index in [1.807, 2.05) is 49.4 Å². The number of fused-ring (bicyclic) bond motifs is 1. The molecule has 1 heterocycles. The fraction of sp³-hybridized carbons (Fsp3) is 0.300. The van der Waals surface area contributed by atoms with Gasteiger partial charge in [-0.1, -0.05) is 36.4 Å². The van der Waals surface area contributed by atoms with E-state index in [1.165, 1.54) is 0 Å². The fourth-order valence-electron chi connectivity index (χ4n) is 2.97. The van der Waals surface area contributed by atoms with Gasteiger partial charge in [0.05, 0.1) is 12.6 Å². The Hall–Kier alpha value is -2.82. The molecule has 0 aromatic heterocycles. The molecule has 5 nitrogen and oxygen atoms in total. The first-order valence-corrected chi connectivity index (χ1v) is 8.50. The predicted octanol–water partition coefficient (Wildman–Crippen LogP) is 2.84. The molecule has 3 rings (SSSR count). The van der Waals surface area contributed by atoms with Gasteiger partial charge in [-0.15, -0.1) is 0 Å². The summed E-state index contributed by atoms with van der Waals surface area (Å²) in [6, 6.07) is 16.4. The number of amides is 2. The zero-order valence-corrected chi connectivity index (χ0v) is 14.2. The van der Waals surface area contributed by atoms with Gasteiger partial charge in [0.25, 0.3) is 5.91 Å². The lowest BCUT2D eigenvalue weighted by Gasteiger charge is -2.27. The SMILES string of the molecule is C[C@H](CC(=O)N[C@H]1CCOc2ccccc21)NC(=O)c1ccccc1. The van der Waals surface area contributed by atoms with E-state index in [0.29, 0.717) is 12.2 Å². The second-order valence-electron chi connectivity index (χ2n) is 6.24. The Kier molecular flexibility index (Phi) is 5.33. The smallest absolute Gasteiger partial charge is 0.251 e. The van der Waals surface area contributed by atoms with E-state index in [2.05, 4.69) is 10.6 Å². The van der Waals surface area contributed by atoms with Crippen LogP contribution in [0, 0.1) is 0 Å². The molecule has 2 N–H and O–H groups in total. The Bertz CT molecular complexity index is 746. The van der Waals surface area contributed by atoms with Crippen LogP contribution in [0.15, 0.2) is 54.6 Å². The molecule has 0 unspecified atom stereocenters. The largest absolute Gasteiger partial charge is 0.493 e. The van der Waals surface area contributed by atoms with Gasteiger partial charge in [0.1, 0.15) is 5.75 Å². The Balaban J connectivity index is 1.54. The van der Waals surface area contributed by atoms with E-state index in [9.17, 15) is 9.59 Å². The van der Waals surface area contributed by atoms with Crippen LogP contribution in [0.25, 0.3) is 0 Å². The van der Waals surface area contributed by atoms with E-state index in [-0.39, 0.29) is 30.3 Å². The first-order valence-electron chi connectivity index (χ1n) is 8.50. The quantitative estimate of drug-likeness (QED) is 0.881. The van der Waals surface area contributed by atoms with E-state index >= 15 is 0 Å². The van der Waals surface area contributed by atoms with Crippen LogP contribution < -0.4 is 15.4 Å². The molecule has 2 aromatic rings. The Morgan fingerprint density at radius 3 is 2.64 bits per heavy atom. The molecule has 0 bridgehead atoms. The number of rotatable bonds is 5. The van der Waals surface area contributed by atoms with E-state index in [1.54, 1.807) is 12.1 Å². The van der Waals surface area contributed by atoms with Crippen LogP contribution in [-0.4, -0.2) is 24.5 Å². The predicted molar refractivity (Wildman–Crippen MR) is 95.4 cm³/mol. The first kappa shape index (κ1) is 17.0. The van der Waals surface area contributed by atoms with Crippen molar-refractivity contribution < 1.29 is 14.3 Å². The molecule has 0 saturated heterocycles. The summed E-state index contributed by atoms with van der Waals surface area (Å²) in [4.78, 5) is 24.5. The molecule has 0 fully saturated rings. The normalized spacial score (nSPS) is 16.9. The van der Waals surface area contributed by atoms with Gasteiger partial charge in [0.15, 0.2) is 0 Å². The highest BCUT2D eigenvalue weighted by atomic mass is 16.5. The summed E-state index contributed by atoms with van der Waals surface area (Å²) in [6.45, 7) is 2.42. The highest BCUT2D eigenvalue weighted by Crippen LogP contribution is 2.31. The Morgan fingerprint density at radius 1 is 1.12 bits per heavy atom. The lowest BCUT2D eigenvalue weighted by atomic mass is 10.0. The highest BCUT2D eigenvalue weighted by molar-refractivity contribution is 5.94. The zero-order chi connectivity index (χ0) is 17.6. The van der Waals surface area contributed by atoms with Crippen molar-refractivity contribution in [2.24, 2.45) is 0 Å². The van der Waals surface area contributed by atoms with Crippen LogP contribution in [0.2, 0.25) is 0 Å². The summed E-state index contributed by atoms with van der Waals surface area (Å²) < 4.78 is 5.61. The molecular formula is C20H22N2O3. The molecule has 2 aromatic carbocycles. The monoisotopic (exact) mass is 338 g/mol. The number of hydrogen-bond donors (Lipinski definition) is 2. The molecule has 130 valence electrons. The third kappa shape index (κ3) is 4.38. The minimum absolute atomic E-state index is 0.0468. The highest BCUT2D eigenvalue weighted by Gasteiger charge is 2.23. The summed E-state index contributed by atoms with van der Waals surface area (Å²) >= 11 is 0. The van der Waals surface area contributed by atoms with Gasteiger partial charge in [0.2, 0.25) is 5.91 Å². The van der Waals surface area contributed by atoms with Crippen LogP contribution in [0.5, 0.6) is 5.75 Å². The molecule has 2 amide bonds. The van der Waals surface area contributed by atoms with E-state index < -0.39 is 0 Å². The average molecular weight is 338 g/mol. The van der Waals surface area contributed by atoms with Crippen LogP contribution >= 0.6 is 0 Å². The van der Waals surface area contributed by atoms with Crippen molar-refractivity contribution >= 4 is 11.8 Å². The van der Waals surface area contributed by atoms with Crippen LogP contribution in [-0.2, 0) is 4.79 Å². The second-order valence-corrected chi connectivity index (χ2v) is 6.24. The third-order valence-corrected chi connectivity index (χ3v) is 4.20. The molecule has 0 aliphatic carbocycles. The Labute approximate surface area is 147 Å². The van der Waals surface area contributed by atoms with Gasteiger partial charge in [0, 0.05) is 30.0 Å². The maximum Gasteiger partial charge on any atom is 0.251 e. The lowest BCUT2D eigenvalue weighted by molar-refractivity contribution is -0.122. The fourth-order valence-corrected chi connectivity index (χ4v) is 2.97. The van der Waals surface area contributed by atoms with Crippen molar-refractivity contribution in [1.82, 2.24) is 10.6 Å². The molecule has 1 aliphatic heterocycles. The Morgan fingerprint density at radius 2 is 1.84 bits per heavy atom. The summed E-state index contributed by atoms with van der Waals surface area (Å²) in [7, 11) is 0. The zero-order valence-electron chi connectivity index (χ0n) is 14.2. The third-order valence-electron chi connectivity index (χ3n) is 4.20.